The number of carbonyl (C=O) groups excluding carboxylic acids is 1. The van der Waals surface area contributed by atoms with Gasteiger partial charge in [0, 0.05) is 0 Å². The fourth-order valence-corrected chi connectivity index (χ4v) is 1.04. The van der Waals surface area contributed by atoms with Crippen molar-refractivity contribution >= 4 is 5.97 Å². The van der Waals surface area contributed by atoms with Crippen LogP contribution in [0.5, 0.6) is 0 Å². The molecule has 5 heteroatoms. The highest BCUT2D eigenvalue weighted by atomic mass is 16.5. The van der Waals surface area contributed by atoms with Crippen molar-refractivity contribution in [1.29, 1.82) is 0 Å². The molecule has 14 heavy (non-hydrogen) atoms. The first-order chi connectivity index (χ1) is 6.69. The zero-order valence-electron chi connectivity index (χ0n) is 7.90. The number of nitrogens with two attached hydrogens (primary N) is 1. The number of aliphatic hydroxyl groups is 1. The van der Waals surface area contributed by atoms with Crippen LogP contribution in [0.4, 0.5) is 0 Å². The highest BCUT2D eigenvalue weighted by Crippen LogP contribution is 2.19. The SMILES string of the molecule is COC(=O)c1ccc([C@H](O)CCN)o1. The van der Waals surface area contributed by atoms with Crippen LogP contribution in [0.2, 0.25) is 0 Å². The minimum atomic E-state index is -0.765. The minimum Gasteiger partial charge on any atom is -0.463 e. The van der Waals surface area contributed by atoms with Crippen LogP contribution in [0.25, 0.3) is 0 Å². The van der Waals surface area contributed by atoms with Crippen LogP contribution in [-0.4, -0.2) is 24.7 Å². The molecule has 1 aromatic heterocycles. The van der Waals surface area contributed by atoms with Crippen molar-refractivity contribution in [2.24, 2.45) is 5.73 Å². The Morgan fingerprint density at radius 2 is 2.43 bits per heavy atom. The Morgan fingerprint density at radius 3 is 3.00 bits per heavy atom. The molecule has 0 saturated carbocycles. The molecule has 3 N–H and O–H groups in total. The van der Waals surface area contributed by atoms with Crippen molar-refractivity contribution < 1.29 is 19.1 Å². The maximum absolute atomic E-state index is 11.0. The van der Waals surface area contributed by atoms with Gasteiger partial charge >= 0.3 is 5.97 Å². The van der Waals surface area contributed by atoms with E-state index in [-0.39, 0.29) is 5.76 Å². The molecule has 1 rings (SSSR count). The largest absolute Gasteiger partial charge is 0.463 e. The van der Waals surface area contributed by atoms with Crippen LogP contribution in [-0.2, 0) is 4.74 Å². The lowest BCUT2D eigenvalue weighted by molar-refractivity contribution is 0.0554. The summed E-state index contributed by atoms with van der Waals surface area (Å²) in [6.45, 7) is 0.357. The molecule has 0 bridgehead atoms. The maximum Gasteiger partial charge on any atom is 0.373 e. The first-order valence-corrected chi connectivity index (χ1v) is 4.25. The van der Waals surface area contributed by atoms with Gasteiger partial charge in [-0.2, -0.15) is 0 Å². The molecule has 0 fully saturated rings. The Hall–Kier alpha value is -1.33. The molecule has 78 valence electrons. The quantitative estimate of drug-likeness (QED) is 0.687. The predicted octanol–water partition coefficient (Wildman–Crippen LogP) is 0.448. The van der Waals surface area contributed by atoms with Crippen LogP contribution in [0.3, 0.4) is 0 Å². The molecular weight excluding hydrogens is 186 g/mol. The molecular formula is C9H13NO4. The molecule has 0 unspecified atom stereocenters. The zero-order chi connectivity index (χ0) is 10.6. The number of hydrogen-bond donors (Lipinski definition) is 2. The van der Waals surface area contributed by atoms with Gasteiger partial charge in [0.25, 0.3) is 0 Å². The molecule has 0 saturated heterocycles. The average molecular weight is 199 g/mol. The summed E-state index contributed by atoms with van der Waals surface area (Å²) in [6.07, 6.45) is -0.368. The second-order valence-corrected chi connectivity index (χ2v) is 2.79. The van der Waals surface area contributed by atoms with Crippen LogP contribution in [0, 0.1) is 0 Å². The van der Waals surface area contributed by atoms with Gasteiger partial charge in [-0.1, -0.05) is 0 Å². The highest BCUT2D eigenvalue weighted by molar-refractivity contribution is 5.86. The van der Waals surface area contributed by atoms with Gasteiger partial charge in [-0.05, 0) is 25.1 Å². The number of hydrogen-bond acceptors (Lipinski definition) is 5. The molecule has 1 atom stereocenters. The van der Waals surface area contributed by atoms with Crippen LogP contribution < -0.4 is 5.73 Å². The number of rotatable bonds is 4. The monoisotopic (exact) mass is 199 g/mol. The molecule has 0 radical (unpaired) electrons. The third kappa shape index (κ3) is 2.34. The van der Waals surface area contributed by atoms with E-state index in [2.05, 4.69) is 4.74 Å². The van der Waals surface area contributed by atoms with Crippen molar-refractivity contribution in [3.63, 3.8) is 0 Å². The van der Waals surface area contributed by atoms with Crippen molar-refractivity contribution in [3.05, 3.63) is 23.7 Å². The van der Waals surface area contributed by atoms with E-state index in [0.717, 1.165) is 0 Å². The minimum absolute atomic E-state index is 0.0820. The summed E-state index contributed by atoms with van der Waals surface area (Å²) >= 11 is 0. The number of aliphatic hydroxyl groups excluding tert-OH is 1. The van der Waals surface area contributed by atoms with Gasteiger partial charge in [-0.15, -0.1) is 0 Å². The Kier molecular flexibility index (Phi) is 3.67. The third-order valence-corrected chi connectivity index (χ3v) is 1.78. The van der Waals surface area contributed by atoms with Crippen molar-refractivity contribution in [2.75, 3.05) is 13.7 Å². The van der Waals surface area contributed by atoms with Gasteiger partial charge < -0.3 is 20.0 Å². The van der Waals surface area contributed by atoms with E-state index in [0.29, 0.717) is 18.7 Å². The Morgan fingerprint density at radius 1 is 1.71 bits per heavy atom. The Balaban J connectivity index is 2.72. The first-order valence-electron chi connectivity index (χ1n) is 4.25. The van der Waals surface area contributed by atoms with Gasteiger partial charge in [0.05, 0.1) is 7.11 Å². The summed E-state index contributed by atoms with van der Waals surface area (Å²) in [5.41, 5.74) is 5.27. The topological polar surface area (TPSA) is 85.7 Å². The molecule has 1 heterocycles. The van der Waals surface area contributed by atoms with Gasteiger partial charge in [0.1, 0.15) is 11.9 Å². The van der Waals surface area contributed by atoms with Crippen LogP contribution in [0.15, 0.2) is 16.5 Å². The smallest absolute Gasteiger partial charge is 0.373 e. The summed E-state index contributed by atoms with van der Waals surface area (Å²) < 4.78 is 9.52. The lowest BCUT2D eigenvalue weighted by Gasteiger charge is -2.04. The van der Waals surface area contributed by atoms with E-state index < -0.39 is 12.1 Å². The summed E-state index contributed by atoms with van der Waals surface area (Å²) in [4.78, 5) is 11.0. The average Bonchev–Trinajstić information content (AvgIpc) is 2.66. The molecule has 0 amide bonds. The first kappa shape index (κ1) is 10.7. The summed E-state index contributed by atoms with van der Waals surface area (Å²) in [6, 6.07) is 2.99. The fourth-order valence-electron chi connectivity index (χ4n) is 1.04. The van der Waals surface area contributed by atoms with Gasteiger partial charge in [-0.3, -0.25) is 0 Å². The van der Waals surface area contributed by atoms with E-state index in [4.69, 9.17) is 10.2 Å². The third-order valence-electron chi connectivity index (χ3n) is 1.78. The normalized spacial score (nSPS) is 12.5. The van der Waals surface area contributed by atoms with E-state index in [1.807, 2.05) is 0 Å². The second kappa shape index (κ2) is 4.78. The molecule has 0 aliphatic carbocycles. The Bertz CT molecular complexity index is 308. The van der Waals surface area contributed by atoms with Crippen LogP contribution in [0.1, 0.15) is 28.8 Å². The van der Waals surface area contributed by atoms with Crippen molar-refractivity contribution in [3.8, 4) is 0 Å². The van der Waals surface area contributed by atoms with E-state index >= 15 is 0 Å². The fraction of sp³-hybridized carbons (Fsp3) is 0.444. The summed E-state index contributed by atoms with van der Waals surface area (Å²) in [7, 11) is 1.26. The molecule has 0 aliphatic heterocycles. The summed E-state index contributed by atoms with van der Waals surface area (Å²) in [5, 5.41) is 9.46. The van der Waals surface area contributed by atoms with Gasteiger partial charge in [-0.25, -0.2) is 4.79 Å². The molecule has 1 aromatic rings. The summed E-state index contributed by atoms with van der Waals surface area (Å²) in [5.74, 6) is -0.148. The van der Waals surface area contributed by atoms with E-state index in [9.17, 15) is 9.90 Å². The van der Waals surface area contributed by atoms with Gasteiger partial charge in [0.2, 0.25) is 5.76 Å². The molecule has 0 aromatic carbocycles. The van der Waals surface area contributed by atoms with Crippen molar-refractivity contribution in [1.82, 2.24) is 0 Å². The lowest BCUT2D eigenvalue weighted by Crippen LogP contribution is -2.06. The highest BCUT2D eigenvalue weighted by Gasteiger charge is 2.15. The number of furan rings is 1. The van der Waals surface area contributed by atoms with Crippen molar-refractivity contribution in [2.45, 2.75) is 12.5 Å². The number of esters is 1. The van der Waals surface area contributed by atoms with E-state index in [1.54, 1.807) is 0 Å². The van der Waals surface area contributed by atoms with E-state index in [1.165, 1.54) is 19.2 Å². The molecule has 5 nitrogen and oxygen atoms in total. The zero-order valence-corrected chi connectivity index (χ0v) is 7.90. The number of methoxy groups -OCH3 is 1. The second-order valence-electron chi connectivity index (χ2n) is 2.79. The maximum atomic E-state index is 11.0. The van der Waals surface area contributed by atoms with Crippen LogP contribution >= 0.6 is 0 Å². The Labute approximate surface area is 81.5 Å². The lowest BCUT2D eigenvalue weighted by atomic mass is 10.2. The molecule has 0 spiro atoms. The number of ether oxygens (including phenoxy) is 1. The standard InChI is InChI=1S/C9H13NO4/c1-13-9(12)8-3-2-7(14-8)6(11)4-5-10/h2-3,6,11H,4-5,10H2,1H3/t6-/m1/s1. The predicted molar refractivity (Wildman–Crippen MR) is 48.7 cm³/mol. The van der Waals surface area contributed by atoms with Gasteiger partial charge in [0.15, 0.2) is 0 Å². The molecule has 0 aliphatic rings. The number of carbonyl (C=O) groups is 1.